The molecule has 3 nitrogen and oxygen atoms in total. The van der Waals surface area contributed by atoms with Crippen LogP contribution in [0.2, 0.25) is 0 Å². The van der Waals surface area contributed by atoms with Gasteiger partial charge in [0.25, 0.3) is 0 Å². The van der Waals surface area contributed by atoms with Crippen LogP contribution < -0.4 is 0 Å². The number of nitrogens with zero attached hydrogens (tertiary/aromatic N) is 3. The molecule has 1 aromatic heterocycles. The van der Waals surface area contributed by atoms with Crippen LogP contribution in [0.15, 0.2) is 79.5 Å². The predicted octanol–water partition coefficient (Wildman–Crippen LogP) is 5.62. The van der Waals surface area contributed by atoms with E-state index in [0.29, 0.717) is 37.3 Å². The van der Waals surface area contributed by atoms with Gasteiger partial charge >= 0.3 is 6.18 Å². The van der Waals surface area contributed by atoms with Gasteiger partial charge < -0.3 is 4.57 Å². The minimum Gasteiger partial charge on any atom is -0.346 e. The topological polar surface area (TPSA) is 32.0 Å². The van der Waals surface area contributed by atoms with Gasteiger partial charge in [-0.1, -0.05) is 30.3 Å². The molecule has 0 saturated heterocycles. The van der Waals surface area contributed by atoms with Crippen LogP contribution in [0.1, 0.15) is 27.9 Å². The van der Waals surface area contributed by atoms with E-state index in [0.717, 1.165) is 17.3 Å². The third-order valence-electron chi connectivity index (χ3n) is 4.77. The Morgan fingerprint density at radius 3 is 2.50 bits per heavy atom. The van der Waals surface area contributed by atoms with Gasteiger partial charge in [-0.15, -0.1) is 6.58 Å². The van der Waals surface area contributed by atoms with Gasteiger partial charge in [-0.05, 0) is 47.5 Å². The highest BCUT2D eigenvalue weighted by Crippen LogP contribution is 2.29. The molecule has 2 aromatic carbocycles. The molecule has 0 unspecified atom stereocenters. The quantitative estimate of drug-likeness (QED) is 0.453. The fraction of sp³-hybridized carbons (Fsp3) is 0.208. The van der Waals surface area contributed by atoms with Gasteiger partial charge in [-0.2, -0.15) is 18.4 Å². The van der Waals surface area contributed by atoms with Crippen molar-refractivity contribution < 1.29 is 13.2 Å². The summed E-state index contributed by atoms with van der Waals surface area (Å²) in [6, 6.07) is 18.9. The molecule has 0 aliphatic carbocycles. The van der Waals surface area contributed by atoms with Crippen molar-refractivity contribution in [2.75, 3.05) is 6.54 Å². The average molecular weight is 409 g/mol. The van der Waals surface area contributed by atoms with Crippen molar-refractivity contribution in [2.45, 2.75) is 25.8 Å². The molecule has 3 aromatic rings. The van der Waals surface area contributed by atoms with E-state index in [2.05, 4.69) is 17.5 Å². The molecule has 0 spiro atoms. The summed E-state index contributed by atoms with van der Waals surface area (Å²) in [6.45, 7) is 6.07. The number of rotatable bonds is 8. The van der Waals surface area contributed by atoms with E-state index in [9.17, 15) is 13.2 Å². The Bertz CT molecular complexity index is 1040. The van der Waals surface area contributed by atoms with E-state index < -0.39 is 11.7 Å². The standard InChI is InChI=1S/C24H22F3N3/c1-2-11-29(16-20-7-3-6-19(13-20)15-28)18-23-10-5-12-30(23)17-21-8-4-9-22(14-21)24(25,26)27/h2-10,12-14H,1,11,16-18H2. The number of nitriles is 1. The zero-order valence-electron chi connectivity index (χ0n) is 16.4. The van der Waals surface area contributed by atoms with Crippen molar-refractivity contribution in [3.8, 4) is 6.07 Å². The first-order chi connectivity index (χ1) is 14.4. The fourth-order valence-corrected chi connectivity index (χ4v) is 3.38. The first-order valence-corrected chi connectivity index (χ1v) is 9.51. The number of hydrogen-bond acceptors (Lipinski definition) is 2. The highest BCUT2D eigenvalue weighted by Gasteiger charge is 2.30. The molecule has 30 heavy (non-hydrogen) atoms. The molecule has 0 bridgehead atoms. The highest BCUT2D eigenvalue weighted by atomic mass is 19.4. The smallest absolute Gasteiger partial charge is 0.346 e. The van der Waals surface area contributed by atoms with Crippen LogP contribution in [-0.2, 0) is 25.8 Å². The molecule has 0 radical (unpaired) electrons. The van der Waals surface area contributed by atoms with Gasteiger partial charge in [0.1, 0.15) is 0 Å². The second-order valence-corrected chi connectivity index (χ2v) is 7.10. The van der Waals surface area contributed by atoms with E-state index in [4.69, 9.17) is 5.26 Å². The van der Waals surface area contributed by atoms with Gasteiger partial charge in [0.05, 0.1) is 17.2 Å². The summed E-state index contributed by atoms with van der Waals surface area (Å²) in [7, 11) is 0. The lowest BCUT2D eigenvalue weighted by atomic mass is 10.1. The molecule has 0 fully saturated rings. The van der Waals surface area contributed by atoms with Crippen LogP contribution in [0, 0.1) is 11.3 Å². The summed E-state index contributed by atoms with van der Waals surface area (Å²) in [4.78, 5) is 2.17. The Kier molecular flexibility index (Phi) is 6.76. The Morgan fingerprint density at radius 2 is 1.77 bits per heavy atom. The van der Waals surface area contributed by atoms with Crippen molar-refractivity contribution in [1.82, 2.24) is 9.47 Å². The molecule has 0 N–H and O–H groups in total. The maximum atomic E-state index is 13.0. The van der Waals surface area contributed by atoms with E-state index in [-0.39, 0.29) is 0 Å². The molecule has 3 rings (SSSR count). The normalized spacial score (nSPS) is 11.4. The largest absolute Gasteiger partial charge is 0.416 e. The molecular formula is C24H22F3N3. The van der Waals surface area contributed by atoms with Crippen molar-refractivity contribution in [3.63, 3.8) is 0 Å². The van der Waals surface area contributed by atoms with Crippen LogP contribution in [-0.4, -0.2) is 16.0 Å². The second kappa shape index (κ2) is 9.47. The maximum Gasteiger partial charge on any atom is 0.416 e. The first-order valence-electron chi connectivity index (χ1n) is 9.51. The third kappa shape index (κ3) is 5.62. The van der Waals surface area contributed by atoms with Crippen molar-refractivity contribution >= 4 is 0 Å². The van der Waals surface area contributed by atoms with Gasteiger partial charge in [-0.3, -0.25) is 4.90 Å². The second-order valence-electron chi connectivity index (χ2n) is 7.10. The number of benzene rings is 2. The molecular weight excluding hydrogens is 387 g/mol. The van der Waals surface area contributed by atoms with Gasteiger partial charge in [0.2, 0.25) is 0 Å². The van der Waals surface area contributed by atoms with Crippen molar-refractivity contribution in [2.24, 2.45) is 0 Å². The monoisotopic (exact) mass is 409 g/mol. The Balaban J connectivity index is 1.76. The molecule has 0 aliphatic rings. The van der Waals surface area contributed by atoms with Crippen LogP contribution in [0.4, 0.5) is 13.2 Å². The van der Waals surface area contributed by atoms with Crippen LogP contribution >= 0.6 is 0 Å². The zero-order valence-corrected chi connectivity index (χ0v) is 16.4. The molecule has 0 saturated carbocycles. The Labute approximate surface area is 174 Å². The number of alkyl halides is 3. The predicted molar refractivity (Wildman–Crippen MR) is 110 cm³/mol. The van der Waals surface area contributed by atoms with Gasteiger partial charge in [0, 0.05) is 38.1 Å². The summed E-state index contributed by atoms with van der Waals surface area (Å²) in [5, 5.41) is 9.10. The van der Waals surface area contributed by atoms with Crippen molar-refractivity contribution in [3.05, 3.63) is 107 Å². The fourth-order valence-electron chi connectivity index (χ4n) is 3.38. The van der Waals surface area contributed by atoms with Crippen LogP contribution in [0.3, 0.4) is 0 Å². The van der Waals surface area contributed by atoms with Crippen LogP contribution in [0.5, 0.6) is 0 Å². The maximum absolute atomic E-state index is 13.0. The average Bonchev–Trinajstić information content (AvgIpc) is 3.14. The van der Waals surface area contributed by atoms with E-state index in [1.807, 2.05) is 47.2 Å². The SMILES string of the molecule is C=CCN(Cc1cccc(C#N)c1)Cc1cccn1Cc1cccc(C(F)(F)F)c1. The lowest BCUT2D eigenvalue weighted by Gasteiger charge is -2.22. The minimum absolute atomic E-state index is 0.359. The molecule has 1 heterocycles. The number of hydrogen-bond donors (Lipinski definition) is 0. The number of aromatic nitrogens is 1. The minimum atomic E-state index is -4.35. The zero-order chi connectivity index (χ0) is 21.6. The number of halogens is 3. The van der Waals surface area contributed by atoms with E-state index in [1.165, 1.54) is 12.1 Å². The van der Waals surface area contributed by atoms with E-state index >= 15 is 0 Å². The Hall–Kier alpha value is -3.30. The Morgan fingerprint density at radius 1 is 1.00 bits per heavy atom. The van der Waals surface area contributed by atoms with E-state index in [1.54, 1.807) is 12.1 Å². The summed E-state index contributed by atoms with van der Waals surface area (Å²) in [5.41, 5.74) is 2.58. The lowest BCUT2D eigenvalue weighted by Crippen LogP contribution is -2.24. The van der Waals surface area contributed by atoms with Crippen molar-refractivity contribution in [1.29, 1.82) is 5.26 Å². The molecule has 6 heteroatoms. The molecule has 0 atom stereocenters. The molecule has 0 amide bonds. The molecule has 0 aliphatic heterocycles. The summed E-state index contributed by atoms with van der Waals surface area (Å²) >= 11 is 0. The van der Waals surface area contributed by atoms with Crippen LogP contribution in [0.25, 0.3) is 0 Å². The molecule has 154 valence electrons. The van der Waals surface area contributed by atoms with Gasteiger partial charge in [-0.25, -0.2) is 0 Å². The summed E-state index contributed by atoms with van der Waals surface area (Å²) in [5.74, 6) is 0. The third-order valence-corrected chi connectivity index (χ3v) is 4.77. The van der Waals surface area contributed by atoms with Gasteiger partial charge in [0.15, 0.2) is 0 Å². The summed E-state index contributed by atoms with van der Waals surface area (Å²) < 4.78 is 41.0. The lowest BCUT2D eigenvalue weighted by molar-refractivity contribution is -0.137. The highest BCUT2D eigenvalue weighted by molar-refractivity contribution is 5.33. The first kappa shape index (κ1) is 21.4. The summed E-state index contributed by atoms with van der Waals surface area (Å²) in [6.07, 6.45) is -0.666.